The van der Waals surface area contributed by atoms with Gasteiger partial charge in [-0.25, -0.2) is 0 Å². The van der Waals surface area contributed by atoms with Gasteiger partial charge in [-0.2, -0.15) is 0 Å². The van der Waals surface area contributed by atoms with Crippen molar-refractivity contribution in [2.75, 3.05) is 45.8 Å². The first-order valence-electron chi connectivity index (χ1n) is 12.7. The summed E-state index contributed by atoms with van der Waals surface area (Å²) >= 11 is 0. The zero-order valence-corrected chi connectivity index (χ0v) is 20.2. The van der Waals surface area contributed by atoms with Crippen molar-refractivity contribution < 1.29 is 14.3 Å². The molecule has 2 unspecified atom stereocenters. The highest BCUT2D eigenvalue weighted by Crippen LogP contribution is 2.25. The summed E-state index contributed by atoms with van der Waals surface area (Å²) in [4.78, 5) is 32.1. The van der Waals surface area contributed by atoms with E-state index in [2.05, 4.69) is 23.6 Å². The van der Waals surface area contributed by atoms with E-state index in [-0.39, 0.29) is 11.8 Å². The van der Waals surface area contributed by atoms with Crippen LogP contribution < -0.4 is 0 Å². The van der Waals surface area contributed by atoms with Crippen molar-refractivity contribution in [2.24, 2.45) is 11.8 Å². The van der Waals surface area contributed by atoms with Crippen molar-refractivity contribution in [1.29, 1.82) is 0 Å². The quantitative estimate of drug-likeness (QED) is 0.642. The van der Waals surface area contributed by atoms with E-state index >= 15 is 0 Å². The lowest BCUT2D eigenvalue weighted by Gasteiger charge is -2.40. The lowest BCUT2D eigenvalue weighted by molar-refractivity contribution is -0.140. The topological polar surface area (TPSA) is 53.1 Å². The van der Waals surface area contributed by atoms with E-state index in [0.717, 1.165) is 64.0 Å². The fourth-order valence-corrected chi connectivity index (χ4v) is 5.58. The molecule has 33 heavy (non-hydrogen) atoms. The molecule has 0 aliphatic carbocycles. The Morgan fingerprint density at radius 2 is 1.52 bits per heavy atom. The highest BCUT2D eigenvalue weighted by Gasteiger charge is 2.32. The first-order chi connectivity index (χ1) is 16.0. The Balaban J connectivity index is 1.18. The van der Waals surface area contributed by atoms with Crippen LogP contribution in [0.4, 0.5) is 0 Å². The first-order valence-corrected chi connectivity index (χ1v) is 12.7. The van der Waals surface area contributed by atoms with E-state index in [1.54, 1.807) is 6.08 Å². The summed E-state index contributed by atoms with van der Waals surface area (Å²) in [6.07, 6.45) is 7.85. The number of hydrogen-bond donors (Lipinski definition) is 0. The Morgan fingerprint density at radius 3 is 2.15 bits per heavy atom. The number of carbonyl (C=O) groups excluding carboxylic acids is 2. The number of piperidine rings is 2. The number of rotatable bonds is 5. The van der Waals surface area contributed by atoms with Gasteiger partial charge in [-0.3, -0.25) is 14.5 Å². The van der Waals surface area contributed by atoms with E-state index in [0.29, 0.717) is 37.1 Å². The summed E-state index contributed by atoms with van der Waals surface area (Å²) < 4.78 is 5.85. The maximum Gasteiger partial charge on any atom is 0.246 e. The normalized spacial score (nSPS) is 26.1. The van der Waals surface area contributed by atoms with Crippen molar-refractivity contribution in [3.8, 4) is 0 Å². The summed E-state index contributed by atoms with van der Waals surface area (Å²) in [6.45, 7) is 10.5. The summed E-state index contributed by atoms with van der Waals surface area (Å²) in [5.74, 6) is 1.07. The Kier molecular flexibility index (Phi) is 8.20. The van der Waals surface area contributed by atoms with E-state index in [1.807, 2.05) is 41.3 Å². The number of morpholine rings is 1. The molecule has 1 aromatic carbocycles. The lowest BCUT2D eigenvalue weighted by atomic mass is 9.91. The van der Waals surface area contributed by atoms with Gasteiger partial charge in [0, 0.05) is 57.8 Å². The number of nitrogens with zero attached hydrogens (tertiary/aromatic N) is 3. The summed E-state index contributed by atoms with van der Waals surface area (Å²) in [5, 5.41) is 0. The predicted octanol–water partition coefficient (Wildman–Crippen LogP) is 3.29. The van der Waals surface area contributed by atoms with Crippen LogP contribution in [0, 0.1) is 11.8 Å². The summed E-state index contributed by atoms with van der Waals surface area (Å²) in [7, 11) is 0. The minimum absolute atomic E-state index is 0.0392. The number of amides is 2. The summed E-state index contributed by atoms with van der Waals surface area (Å²) in [5.41, 5.74) is 1.02. The van der Waals surface area contributed by atoms with Crippen LogP contribution in [0.25, 0.3) is 6.08 Å². The molecular formula is C27H39N3O3. The Morgan fingerprint density at radius 1 is 0.909 bits per heavy atom. The maximum absolute atomic E-state index is 13.1. The number of benzene rings is 1. The second-order valence-corrected chi connectivity index (χ2v) is 10.1. The lowest BCUT2D eigenvalue weighted by Crippen LogP contribution is -2.50. The van der Waals surface area contributed by atoms with Crippen molar-refractivity contribution in [3.05, 3.63) is 42.0 Å². The highest BCUT2D eigenvalue weighted by atomic mass is 16.5. The molecular weight excluding hydrogens is 414 g/mol. The molecule has 3 saturated heterocycles. The molecule has 2 atom stereocenters. The van der Waals surface area contributed by atoms with Gasteiger partial charge in [0.05, 0.1) is 12.2 Å². The van der Waals surface area contributed by atoms with Gasteiger partial charge in [0.15, 0.2) is 0 Å². The monoisotopic (exact) mass is 453 g/mol. The van der Waals surface area contributed by atoms with Crippen LogP contribution in [0.3, 0.4) is 0 Å². The van der Waals surface area contributed by atoms with Crippen molar-refractivity contribution in [2.45, 2.75) is 51.7 Å². The summed E-state index contributed by atoms with van der Waals surface area (Å²) in [6, 6.07) is 9.87. The molecule has 0 spiro atoms. The fraction of sp³-hybridized carbons (Fsp3) is 0.630. The average Bonchev–Trinajstić information content (AvgIpc) is 2.83. The average molecular weight is 454 g/mol. The Labute approximate surface area is 198 Å². The molecule has 0 aromatic heterocycles. The number of hydrogen-bond acceptors (Lipinski definition) is 4. The third-order valence-corrected chi connectivity index (χ3v) is 7.31. The molecule has 2 amide bonds. The van der Waals surface area contributed by atoms with Gasteiger partial charge in [-0.05, 0) is 57.1 Å². The highest BCUT2D eigenvalue weighted by molar-refractivity contribution is 5.92. The smallest absolute Gasteiger partial charge is 0.246 e. The van der Waals surface area contributed by atoms with Crippen LogP contribution in [0.1, 0.15) is 45.1 Å². The minimum Gasteiger partial charge on any atom is -0.373 e. The van der Waals surface area contributed by atoms with Gasteiger partial charge in [0.1, 0.15) is 0 Å². The zero-order chi connectivity index (χ0) is 23.2. The molecule has 1 aromatic rings. The van der Waals surface area contributed by atoms with E-state index in [4.69, 9.17) is 4.74 Å². The minimum atomic E-state index is 0.0392. The molecule has 3 fully saturated rings. The molecule has 180 valence electrons. The fourth-order valence-electron chi connectivity index (χ4n) is 5.58. The van der Waals surface area contributed by atoms with Crippen molar-refractivity contribution in [1.82, 2.24) is 14.7 Å². The number of ether oxygens (including phenoxy) is 1. The van der Waals surface area contributed by atoms with Gasteiger partial charge in [0.2, 0.25) is 11.8 Å². The van der Waals surface area contributed by atoms with Gasteiger partial charge < -0.3 is 14.5 Å². The standard InChI is InChI=1S/C27H39N3O3/c1-21-18-28(19-22(2)33-21)20-24-10-14-30(15-11-24)27(32)25-12-16-29(17-13-25)26(31)9-8-23-6-4-3-5-7-23/h3-9,21-22,24-25H,10-20H2,1-2H3/b9-8+. The second-order valence-electron chi connectivity index (χ2n) is 10.1. The zero-order valence-electron chi connectivity index (χ0n) is 20.2. The molecule has 6 nitrogen and oxygen atoms in total. The molecule has 0 bridgehead atoms. The third kappa shape index (κ3) is 6.67. The van der Waals surface area contributed by atoms with Gasteiger partial charge in [-0.15, -0.1) is 0 Å². The van der Waals surface area contributed by atoms with Crippen LogP contribution >= 0.6 is 0 Å². The molecule has 0 saturated carbocycles. The first kappa shape index (κ1) is 24.0. The molecule has 3 aliphatic rings. The molecule has 3 heterocycles. The van der Waals surface area contributed by atoms with Gasteiger partial charge in [0.25, 0.3) is 0 Å². The molecule has 3 aliphatic heterocycles. The van der Waals surface area contributed by atoms with Crippen LogP contribution in [-0.2, 0) is 14.3 Å². The Hall–Kier alpha value is -2.18. The van der Waals surface area contributed by atoms with Crippen molar-refractivity contribution >= 4 is 17.9 Å². The van der Waals surface area contributed by atoms with Crippen LogP contribution in [0.5, 0.6) is 0 Å². The van der Waals surface area contributed by atoms with Gasteiger partial charge >= 0.3 is 0 Å². The second kappa shape index (κ2) is 11.3. The van der Waals surface area contributed by atoms with E-state index in [1.165, 1.54) is 0 Å². The molecule has 0 N–H and O–H groups in total. The van der Waals surface area contributed by atoms with Crippen LogP contribution in [0.2, 0.25) is 0 Å². The van der Waals surface area contributed by atoms with E-state index in [9.17, 15) is 9.59 Å². The number of likely N-dealkylation sites (tertiary alicyclic amines) is 2. The Bertz CT molecular complexity index is 801. The third-order valence-electron chi connectivity index (χ3n) is 7.31. The van der Waals surface area contributed by atoms with Crippen LogP contribution in [0.15, 0.2) is 36.4 Å². The molecule has 4 rings (SSSR count). The van der Waals surface area contributed by atoms with E-state index < -0.39 is 0 Å². The maximum atomic E-state index is 13.1. The predicted molar refractivity (Wildman–Crippen MR) is 131 cm³/mol. The van der Waals surface area contributed by atoms with Crippen LogP contribution in [-0.4, -0.2) is 84.5 Å². The molecule has 0 radical (unpaired) electrons. The number of carbonyl (C=O) groups is 2. The molecule has 6 heteroatoms. The van der Waals surface area contributed by atoms with Gasteiger partial charge in [-0.1, -0.05) is 30.3 Å². The SMILES string of the molecule is CC1CN(CC2CCN(C(=O)C3CCN(C(=O)/C=C/c4ccccc4)CC3)CC2)CC(C)O1. The largest absolute Gasteiger partial charge is 0.373 e. The van der Waals surface area contributed by atoms with Crippen molar-refractivity contribution in [3.63, 3.8) is 0 Å².